The van der Waals surface area contributed by atoms with E-state index in [4.69, 9.17) is 4.42 Å². The molecular weight excluding hydrogens is 383 g/mol. The summed E-state index contributed by atoms with van der Waals surface area (Å²) in [5.74, 6) is -0.0125. The molecule has 0 saturated heterocycles. The number of benzene rings is 1. The van der Waals surface area contributed by atoms with E-state index in [9.17, 15) is 14.0 Å². The molecule has 0 saturated carbocycles. The van der Waals surface area contributed by atoms with Crippen molar-refractivity contribution < 1.29 is 18.4 Å². The molecule has 1 aromatic carbocycles. The second-order valence-electron chi connectivity index (χ2n) is 8.84. The molecule has 0 bridgehead atoms. The molecule has 0 unspecified atom stereocenters. The first-order chi connectivity index (χ1) is 14.1. The maximum atomic E-state index is 13.3. The number of Topliss-reactive ketones (excluding diaryl/α,β-unsaturated/α-hetero) is 1. The Morgan fingerprint density at radius 1 is 1.13 bits per heavy atom. The van der Waals surface area contributed by atoms with Crippen LogP contribution >= 0.6 is 0 Å². The van der Waals surface area contributed by atoms with Crippen molar-refractivity contribution >= 4 is 17.4 Å². The van der Waals surface area contributed by atoms with Crippen LogP contribution in [0.1, 0.15) is 51.1 Å². The lowest BCUT2D eigenvalue weighted by Gasteiger charge is -2.39. The lowest BCUT2D eigenvalue weighted by molar-refractivity contribution is -0.118. The predicted molar refractivity (Wildman–Crippen MR) is 112 cm³/mol. The summed E-state index contributed by atoms with van der Waals surface area (Å²) in [6.45, 7) is 7.80. The molecule has 30 heavy (non-hydrogen) atoms. The average Bonchev–Trinajstić information content (AvgIpc) is 3.07. The number of nitrogens with one attached hydrogen (secondary N) is 2. The van der Waals surface area contributed by atoms with Gasteiger partial charge in [0.05, 0.1) is 11.5 Å². The van der Waals surface area contributed by atoms with Gasteiger partial charge in [-0.05, 0) is 62.1 Å². The van der Waals surface area contributed by atoms with Crippen molar-refractivity contribution in [1.82, 2.24) is 5.32 Å². The highest BCUT2D eigenvalue weighted by Gasteiger charge is 2.43. The van der Waals surface area contributed by atoms with Gasteiger partial charge in [0.15, 0.2) is 5.78 Å². The molecule has 156 valence electrons. The highest BCUT2D eigenvalue weighted by atomic mass is 19.1. The number of amides is 1. The standard InChI is InChI=1S/C24H25FN2O3/c1-13-5-10-19(30-13)22-20(23(29)27-16-8-6-15(25)7-9-16)14(2)26-17-11-24(3,4)12-18(28)21(17)22/h5-10,22,26H,11-12H2,1-4H3,(H,27,29)/t22-/m1/s1. The van der Waals surface area contributed by atoms with E-state index in [0.717, 1.165) is 5.70 Å². The van der Waals surface area contributed by atoms with Gasteiger partial charge < -0.3 is 15.1 Å². The van der Waals surface area contributed by atoms with E-state index >= 15 is 0 Å². The zero-order chi connectivity index (χ0) is 21.6. The van der Waals surface area contributed by atoms with Gasteiger partial charge in [0, 0.05) is 29.1 Å². The largest absolute Gasteiger partial charge is 0.465 e. The van der Waals surface area contributed by atoms with Crippen molar-refractivity contribution in [2.24, 2.45) is 5.41 Å². The average molecular weight is 408 g/mol. The first-order valence-electron chi connectivity index (χ1n) is 10.0. The molecule has 2 aromatic rings. The number of rotatable bonds is 3. The zero-order valence-electron chi connectivity index (χ0n) is 17.6. The first kappa shape index (κ1) is 20.1. The van der Waals surface area contributed by atoms with Crippen molar-refractivity contribution in [3.63, 3.8) is 0 Å². The molecule has 0 fully saturated rings. The Hall–Kier alpha value is -3.15. The fourth-order valence-corrected chi connectivity index (χ4v) is 4.36. The lowest BCUT2D eigenvalue weighted by Crippen LogP contribution is -2.39. The molecule has 2 heterocycles. The number of aryl methyl sites for hydroxylation is 1. The molecule has 4 rings (SSSR count). The summed E-state index contributed by atoms with van der Waals surface area (Å²) in [4.78, 5) is 26.5. The van der Waals surface area contributed by atoms with Crippen LogP contribution in [0.5, 0.6) is 0 Å². The van der Waals surface area contributed by atoms with Gasteiger partial charge in [-0.15, -0.1) is 0 Å². The van der Waals surface area contributed by atoms with Crippen LogP contribution in [0, 0.1) is 18.2 Å². The van der Waals surface area contributed by atoms with Crippen LogP contribution in [0.2, 0.25) is 0 Å². The minimum Gasteiger partial charge on any atom is -0.465 e. The Morgan fingerprint density at radius 3 is 2.47 bits per heavy atom. The summed E-state index contributed by atoms with van der Waals surface area (Å²) >= 11 is 0. The maximum absolute atomic E-state index is 13.3. The van der Waals surface area contributed by atoms with Gasteiger partial charge in [0.1, 0.15) is 17.3 Å². The van der Waals surface area contributed by atoms with Crippen LogP contribution in [-0.2, 0) is 9.59 Å². The number of dihydropyridines is 1. The van der Waals surface area contributed by atoms with Crippen LogP contribution in [0.4, 0.5) is 10.1 Å². The number of allylic oxidation sites excluding steroid dienone is 3. The van der Waals surface area contributed by atoms with E-state index in [0.29, 0.717) is 46.9 Å². The summed E-state index contributed by atoms with van der Waals surface area (Å²) in [5, 5.41) is 6.14. The number of ketones is 1. The van der Waals surface area contributed by atoms with Gasteiger partial charge >= 0.3 is 0 Å². The van der Waals surface area contributed by atoms with E-state index in [1.165, 1.54) is 24.3 Å². The molecule has 1 aliphatic carbocycles. The molecule has 1 aliphatic heterocycles. The Morgan fingerprint density at radius 2 is 1.83 bits per heavy atom. The molecular formula is C24H25FN2O3. The quantitative estimate of drug-likeness (QED) is 0.752. The summed E-state index contributed by atoms with van der Waals surface area (Å²) in [7, 11) is 0. The molecule has 0 spiro atoms. The van der Waals surface area contributed by atoms with Crippen LogP contribution in [0.25, 0.3) is 0 Å². The molecule has 6 heteroatoms. The third-order valence-corrected chi connectivity index (χ3v) is 5.63. The Balaban J connectivity index is 1.78. The second kappa shape index (κ2) is 7.27. The maximum Gasteiger partial charge on any atom is 0.254 e. The highest BCUT2D eigenvalue weighted by Crippen LogP contribution is 2.47. The van der Waals surface area contributed by atoms with Crippen molar-refractivity contribution in [3.8, 4) is 0 Å². The van der Waals surface area contributed by atoms with Crippen LogP contribution in [0.3, 0.4) is 0 Å². The molecule has 2 aliphatic rings. The summed E-state index contributed by atoms with van der Waals surface area (Å²) in [6, 6.07) is 9.24. The number of furan rings is 1. The smallest absolute Gasteiger partial charge is 0.254 e. The predicted octanol–water partition coefficient (Wildman–Crippen LogP) is 4.97. The molecule has 0 radical (unpaired) electrons. The summed E-state index contributed by atoms with van der Waals surface area (Å²) < 4.78 is 19.1. The van der Waals surface area contributed by atoms with E-state index in [1.807, 2.05) is 26.0 Å². The number of hydrogen-bond acceptors (Lipinski definition) is 4. The first-order valence-corrected chi connectivity index (χ1v) is 10.0. The molecule has 1 aromatic heterocycles. The van der Waals surface area contributed by atoms with Gasteiger partial charge in [0.25, 0.3) is 5.91 Å². The second-order valence-corrected chi connectivity index (χ2v) is 8.84. The lowest BCUT2D eigenvalue weighted by atomic mass is 9.69. The third kappa shape index (κ3) is 3.70. The van der Waals surface area contributed by atoms with Gasteiger partial charge in [-0.2, -0.15) is 0 Å². The molecule has 1 atom stereocenters. The normalized spacial score (nSPS) is 20.7. The molecule has 2 N–H and O–H groups in total. The van der Waals surface area contributed by atoms with Crippen LogP contribution < -0.4 is 10.6 Å². The van der Waals surface area contributed by atoms with E-state index in [2.05, 4.69) is 24.5 Å². The topological polar surface area (TPSA) is 71.3 Å². The number of anilines is 1. The minimum atomic E-state index is -0.584. The van der Waals surface area contributed by atoms with Crippen LogP contribution in [-0.4, -0.2) is 11.7 Å². The van der Waals surface area contributed by atoms with E-state index in [-0.39, 0.29) is 22.9 Å². The summed E-state index contributed by atoms with van der Waals surface area (Å²) in [5.41, 5.74) is 2.88. The molecule has 5 nitrogen and oxygen atoms in total. The van der Waals surface area contributed by atoms with Crippen molar-refractivity contribution in [2.45, 2.75) is 46.5 Å². The number of carbonyl (C=O) groups excluding carboxylic acids is 2. The highest BCUT2D eigenvalue weighted by molar-refractivity contribution is 6.09. The Labute approximate surface area is 175 Å². The Kier molecular flexibility index (Phi) is 4.88. The van der Waals surface area contributed by atoms with Gasteiger partial charge in [-0.1, -0.05) is 13.8 Å². The third-order valence-electron chi connectivity index (χ3n) is 5.63. The van der Waals surface area contributed by atoms with Gasteiger partial charge in [0.2, 0.25) is 0 Å². The minimum absolute atomic E-state index is 0.0207. The zero-order valence-corrected chi connectivity index (χ0v) is 17.6. The fraction of sp³-hybridized carbons (Fsp3) is 0.333. The van der Waals surface area contributed by atoms with Gasteiger partial charge in [-0.3, -0.25) is 9.59 Å². The number of hydrogen-bond donors (Lipinski definition) is 2. The monoisotopic (exact) mass is 408 g/mol. The van der Waals surface area contributed by atoms with Crippen molar-refractivity contribution in [1.29, 1.82) is 0 Å². The fourth-order valence-electron chi connectivity index (χ4n) is 4.36. The van der Waals surface area contributed by atoms with Gasteiger partial charge in [-0.25, -0.2) is 4.39 Å². The number of carbonyl (C=O) groups is 2. The van der Waals surface area contributed by atoms with Crippen molar-refractivity contribution in [2.75, 3.05) is 5.32 Å². The summed E-state index contributed by atoms with van der Waals surface area (Å²) in [6.07, 6.45) is 1.13. The van der Waals surface area contributed by atoms with Crippen LogP contribution in [0.15, 0.2) is 63.4 Å². The number of halogens is 1. The molecule has 1 amide bonds. The van der Waals surface area contributed by atoms with E-state index in [1.54, 1.807) is 0 Å². The van der Waals surface area contributed by atoms with E-state index < -0.39 is 5.92 Å². The Bertz CT molecular complexity index is 1090. The van der Waals surface area contributed by atoms with Crippen molar-refractivity contribution in [3.05, 3.63) is 76.3 Å². The SMILES string of the molecule is CC1=C(C(=O)Nc2ccc(F)cc2)[C@@H](c2ccc(C)o2)C2=C(CC(C)(C)CC2=O)N1.